The van der Waals surface area contributed by atoms with Crippen LogP contribution in [0.5, 0.6) is 0 Å². The molecule has 0 aromatic rings. The Hall–Kier alpha value is -3.93. The molecule has 1 aliphatic rings. The maximum Gasteiger partial charge on any atom is 0.253 e. The summed E-state index contributed by atoms with van der Waals surface area (Å²) in [6.45, 7) is 39.2. The molecule has 0 atom stereocenters. The van der Waals surface area contributed by atoms with Gasteiger partial charge in [0.25, 0.3) is 11.8 Å². The Morgan fingerprint density at radius 2 is 1.04 bits per heavy atom. The Morgan fingerprint density at radius 3 is 1.61 bits per heavy atom. The van der Waals surface area contributed by atoms with Gasteiger partial charge in [-0.1, -0.05) is 83.1 Å². The van der Waals surface area contributed by atoms with Crippen molar-refractivity contribution in [2.75, 3.05) is 78.9 Å². The number of imide groups is 1. The Balaban J connectivity index is 2.58. The number of hydrogen-bond donors (Lipinski definition) is 4. The van der Waals surface area contributed by atoms with Gasteiger partial charge in [-0.2, -0.15) is 0 Å². The molecule has 0 fully saturated rings. The highest BCUT2D eigenvalue weighted by Gasteiger charge is 2.41. The fraction of sp³-hybridized carbons (Fsp3) is 0.833. The molecule has 17 heteroatoms. The van der Waals surface area contributed by atoms with Gasteiger partial charge in [0.2, 0.25) is 29.5 Å². The van der Waals surface area contributed by atoms with Gasteiger partial charge in [0.15, 0.2) is 0 Å². The van der Waals surface area contributed by atoms with Crippen molar-refractivity contribution in [1.82, 2.24) is 31.1 Å². The van der Waals surface area contributed by atoms with Gasteiger partial charge in [0.1, 0.15) is 0 Å². The van der Waals surface area contributed by atoms with Crippen LogP contribution in [0.2, 0.25) is 0 Å². The molecule has 0 radical (unpaired) electrons. The number of nitrogens with zero attached hydrogens (tertiary/aromatic N) is 2. The van der Waals surface area contributed by atoms with Crippen LogP contribution >= 0.6 is 0 Å². The molecule has 0 unspecified atom stereocenters. The zero-order valence-corrected chi connectivity index (χ0v) is 47.5. The van der Waals surface area contributed by atoms with E-state index in [1.807, 2.05) is 83.1 Å². The van der Waals surface area contributed by atoms with Gasteiger partial charge in [-0.25, -0.2) is 0 Å². The fourth-order valence-electron chi connectivity index (χ4n) is 7.57. The van der Waals surface area contributed by atoms with E-state index in [1.54, 1.807) is 4.90 Å². The first-order chi connectivity index (χ1) is 32.3. The molecule has 0 saturated heterocycles. The lowest BCUT2D eigenvalue weighted by molar-refractivity contribution is -0.139. The van der Waals surface area contributed by atoms with Gasteiger partial charge >= 0.3 is 0 Å². The fourth-order valence-corrected chi connectivity index (χ4v) is 7.57. The highest BCUT2D eigenvalue weighted by molar-refractivity contribution is 6.13. The van der Waals surface area contributed by atoms with E-state index >= 15 is 0 Å². The monoisotopic (exact) mass is 1010 g/mol. The molecule has 1 heterocycles. The molecular formula is C54H98N6O11. The van der Waals surface area contributed by atoms with Gasteiger partial charge < -0.3 is 45.1 Å². The molecule has 1 rings (SSSR count). The summed E-state index contributed by atoms with van der Waals surface area (Å²) >= 11 is 0. The molecule has 0 spiro atoms. The van der Waals surface area contributed by atoms with Crippen molar-refractivity contribution in [2.24, 2.45) is 27.1 Å². The summed E-state index contributed by atoms with van der Waals surface area (Å²) in [5, 5.41) is 12.0. The van der Waals surface area contributed by atoms with E-state index < -0.39 is 44.8 Å². The van der Waals surface area contributed by atoms with E-state index in [2.05, 4.69) is 62.8 Å². The molecule has 0 aliphatic carbocycles. The standard InChI is InChI=1S/C54H98N6O11/c1-47(2,3)39-50(9,10)45(66)57-29-37-69-36-28-55-40(61)22-33-68-38-32-59(41(62)21-30-60-42(63)19-20-43(60)64)31-24-53(15,16)70-34-25-49(7,8)44(65)56-27-23-52(13,14)71-35-26-51(11,12)58-46(67)54(17,18)48(4,5)6/h19-20H,21-39H2,1-18H3,(H,55,61)(H,56,65)(H,57,66)(H,58,67). The third-order valence-corrected chi connectivity index (χ3v) is 13.4. The number of hydrogen-bond acceptors (Lipinski definition) is 11. The van der Waals surface area contributed by atoms with Crippen LogP contribution in [-0.2, 0) is 52.5 Å². The maximum atomic E-state index is 13.5. The van der Waals surface area contributed by atoms with Gasteiger partial charge in [-0.15, -0.1) is 0 Å². The Labute approximate surface area is 428 Å². The normalized spacial score (nSPS) is 14.2. The number of carbonyl (C=O) groups excluding carboxylic acids is 7. The quantitative estimate of drug-likeness (QED) is 0.0403. The third kappa shape index (κ3) is 25.5. The van der Waals surface area contributed by atoms with Crippen molar-refractivity contribution >= 4 is 41.4 Å². The second kappa shape index (κ2) is 27.9. The highest BCUT2D eigenvalue weighted by atomic mass is 16.5. The number of carbonyl (C=O) groups is 7. The van der Waals surface area contributed by atoms with Crippen LogP contribution in [0.15, 0.2) is 12.2 Å². The molecule has 0 saturated carbocycles. The summed E-state index contributed by atoms with van der Waals surface area (Å²) < 4.78 is 23.9. The van der Waals surface area contributed by atoms with E-state index in [9.17, 15) is 33.6 Å². The van der Waals surface area contributed by atoms with Crippen LogP contribution in [-0.4, -0.2) is 147 Å². The highest BCUT2D eigenvalue weighted by Crippen LogP contribution is 2.38. The lowest BCUT2D eigenvalue weighted by atomic mass is 9.68. The minimum Gasteiger partial charge on any atom is -0.379 e. The lowest BCUT2D eigenvalue weighted by Crippen LogP contribution is -2.53. The first-order valence-corrected chi connectivity index (χ1v) is 25.7. The molecule has 1 aliphatic heterocycles. The molecule has 410 valence electrons. The smallest absolute Gasteiger partial charge is 0.253 e. The molecular weight excluding hydrogens is 909 g/mol. The third-order valence-electron chi connectivity index (χ3n) is 13.4. The first-order valence-electron chi connectivity index (χ1n) is 25.7. The average molecular weight is 1010 g/mol. The van der Waals surface area contributed by atoms with Crippen molar-refractivity contribution in [3.8, 4) is 0 Å². The van der Waals surface area contributed by atoms with Crippen molar-refractivity contribution in [2.45, 2.75) is 186 Å². The minimum absolute atomic E-state index is 0.0103. The average Bonchev–Trinajstić information content (AvgIpc) is 3.53. The largest absolute Gasteiger partial charge is 0.379 e. The zero-order chi connectivity index (χ0) is 54.7. The summed E-state index contributed by atoms with van der Waals surface area (Å²) in [6.07, 6.45) is 5.30. The Bertz CT molecular complexity index is 1770. The van der Waals surface area contributed by atoms with Crippen LogP contribution in [0, 0.1) is 27.1 Å². The van der Waals surface area contributed by atoms with Gasteiger partial charge in [0.05, 0.1) is 37.6 Å². The van der Waals surface area contributed by atoms with Crippen LogP contribution in [0.25, 0.3) is 0 Å². The first kappa shape index (κ1) is 65.1. The van der Waals surface area contributed by atoms with E-state index in [-0.39, 0.29) is 79.5 Å². The molecule has 0 aromatic heterocycles. The zero-order valence-electron chi connectivity index (χ0n) is 47.5. The van der Waals surface area contributed by atoms with Crippen LogP contribution in [0.3, 0.4) is 0 Å². The second-order valence-corrected chi connectivity index (χ2v) is 25.1. The van der Waals surface area contributed by atoms with Crippen molar-refractivity contribution in [3.05, 3.63) is 12.2 Å². The predicted molar refractivity (Wildman–Crippen MR) is 278 cm³/mol. The molecule has 17 nitrogen and oxygen atoms in total. The van der Waals surface area contributed by atoms with Crippen LogP contribution in [0.4, 0.5) is 0 Å². The van der Waals surface area contributed by atoms with Gasteiger partial charge in [-0.3, -0.25) is 38.5 Å². The predicted octanol–water partition coefficient (Wildman–Crippen LogP) is 6.51. The molecule has 0 aromatic carbocycles. The lowest BCUT2D eigenvalue weighted by Gasteiger charge is -2.40. The van der Waals surface area contributed by atoms with E-state index in [1.165, 1.54) is 12.2 Å². The van der Waals surface area contributed by atoms with Crippen molar-refractivity contribution < 1.29 is 52.5 Å². The summed E-state index contributed by atoms with van der Waals surface area (Å²) in [5.41, 5.74) is -3.55. The number of rotatable bonds is 34. The topological polar surface area (TPSA) is 211 Å². The van der Waals surface area contributed by atoms with Crippen LogP contribution < -0.4 is 21.3 Å². The molecule has 7 amide bonds. The number of ether oxygens (including phenoxy) is 4. The van der Waals surface area contributed by atoms with Gasteiger partial charge in [-0.05, 0) is 84.5 Å². The van der Waals surface area contributed by atoms with Crippen LogP contribution in [0.1, 0.15) is 170 Å². The second-order valence-electron chi connectivity index (χ2n) is 25.1. The van der Waals surface area contributed by atoms with Crippen molar-refractivity contribution in [1.29, 1.82) is 0 Å². The summed E-state index contributed by atoms with van der Waals surface area (Å²) in [6, 6.07) is 0. The van der Waals surface area contributed by atoms with Gasteiger partial charge in [0, 0.05) is 99.3 Å². The van der Waals surface area contributed by atoms with Crippen molar-refractivity contribution in [3.63, 3.8) is 0 Å². The molecule has 0 bridgehead atoms. The SMILES string of the molecule is CC(C)(C)CC(C)(C)C(=O)NCCOCCNC(=O)CCOCCN(CCC(C)(C)OCCC(C)(C)C(=O)NCCC(C)(C)OCCC(C)(C)NC(=O)C(C)(C)C(C)(C)C)C(=O)CCN1C(=O)C=CC1=O. The van der Waals surface area contributed by atoms with E-state index in [0.717, 1.165) is 11.3 Å². The Morgan fingerprint density at radius 1 is 0.535 bits per heavy atom. The summed E-state index contributed by atoms with van der Waals surface area (Å²) in [5.74, 6) is -1.49. The number of nitrogens with one attached hydrogen (secondary N) is 4. The summed E-state index contributed by atoms with van der Waals surface area (Å²) in [4.78, 5) is 91.9. The molecule has 4 N–H and O–H groups in total. The maximum absolute atomic E-state index is 13.5. The minimum atomic E-state index is -0.725. The van der Waals surface area contributed by atoms with E-state index in [4.69, 9.17) is 18.9 Å². The number of amides is 7. The summed E-state index contributed by atoms with van der Waals surface area (Å²) in [7, 11) is 0. The molecule has 71 heavy (non-hydrogen) atoms. The van der Waals surface area contributed by atoms with E-state index in [0.29, 0.717) is 78.3 Å². The Kier molecular flexibility index (Phi) is 25.6.